The molecule has 0 spiro atoms. The molecule has 0 radical (unpaired) electrons. The maximum atomic E-state index is 12.4. The van der Waals surface area contributed by atoms with Crippen LogP contribution < -0.4 is 5.32 Å². The number of carbonyl (C=O) groups excluding carboxylic acids is 2. The topological polar surface area (TPSA) is 125 Å². The SMILES string of the molecule is CCc1[nH]c(C(=O)N[C@@H]2CCN(C(=O)C=CC(=O)O)C[C@@H]2OC)nc1Cl. The summed E-state index contributed by atoms with van der Waals surface area (Å²) in [5.41, 5.74) is 0.686. The summed E-state index contributed by atoms with van der Waals surface area (Å²) in [6.45, 7) is 2.50. The minimum Gasteiger partial charge on any atom is -0.478 e. The van der Waals surface area contributed by atoms with Gasteiger partial charge in [-0.15, -0.1) is 0 Å². The highest BCUT2D eigenvalue weighted by atomic mass is 35.5. The van der Waals surface area contributed by atoms with Crippen molar-refractivity contribution in [1.82, 2.24) is 20.2 Å². The van der Waals surface area contributed by atoms with Gasteiger partial charge in [-0.3, -0.25) is 9.59 Å². The van der Waals surface area contributed by atoms with Crippen LogP contribution in [-0.4, -0.2) is 70.1 Å². The van der Waals surface area contributed by atoms with E-state index in [1.54, 1.807) is 0 Å². The molecule has 2 heterocycles. The molecule has 2 atom stereocenters. The van der Waals surface area contributed by atoms with Crippen molar-refractivity contribution in [3.8, 4) is 0 Å². The van der Waals surface area contributed by atoms with Gasteiger partial charge in [-0.25, -0.2) is 9.78 Å². The van der Waals surface area contributed by atoms with Gasteiger partial charge in [-0.05, 0) is 12.8 Å². The molecule has 2 rings (SSSR count). The van der Waals surface area contributed by atoms with Crippen molar-refractivity contribution < 1.29 is 24.2 Å². The van der Waals surface area contributed by atoms with Gasteiger partial charge >= 0.3 is 5.97 Å². The van der Waals surface area contributed by atoms with E-state index in [-0.39, 0.29) is 23.6 Å². The predicted octanol–water partition coefficient (Wildman–Crippen LogP) is 0.612. The molecular weight excluding hydrogens is 364 g/mol. The van der Waals surface area contributed by atoms with Gasteiger partial charge in [0.1, 0.15) is 0 Å². The maximum Gasteiger partial charge on any atom is 0.328 e. The molecule has 1 fully saturated rings. The Morgan fingerprint density at radius 3 is 2.77 bits per heavy atom. The number of aryl methyl sites for hydroxylation is 1. The van der Waals surface area contributed by atoms with E-state index in [9.17, 15) is 14.4 Å². The fraction of sp³-hybridized carbons (Fsp3) is 0.500. The molecule has 142 valence electrons. The highest BCUT2D eigenvalue weighted by molar-refractivity contribution is 6.30. The van der Waals surface area contributed by atoms with Gasteiger partial charge in [-0.1, -0.05) is 18.5 Å². The number of hydrogen-bond acceptors (Lipinski definition) is 5. The van der Waals surface area contributed by atoms with Crippen LogP contribution in [0.3, 0.4) is 0 Å². The molecule has 1 aromatic heterocycles. The molecule has 1 saturated heterocycles. The normalized spacial score (nSPS) is 20.3. The summed E-state index contributed by atoms with van der Waals surface area (Å²) in [5, 5.41) is 11.7. The number of halogens is 1. The van der Waals surface area contributed by atoms with Crippen LogP contribution in [-0.2, 0) is 20.7 Å². The quantitative estimate of drug-likeness (QED) is 0.617. The largest absolute Gasteiger partial charge is 0.478 e. The number of rotatable bonds is 6. The van der Waals surface area contributed by atoms with Gasteiger partial charge in [0.25, 0.3) is 5.91 Å². The monoisotopic (exact) mass is 384 g/mol. The van der Waals surface area contributed by atoms with Crippen LogP contribution >= 0.6 is 11.6 Å². The summed E-state index contributed by atoms with van der Waals surface area (Å²) in [4.78, 5) is 43.3. The first kappa shape index (κ1) is 19.9. The first-order valence-corrected chi connectivity index (χ1v) is 8.51. The number of ether oxygens (including phenoxy) is 1. The zero-order valence-electron chi connectivity index (χ0n) is 14.5. The lowest BCUT2D eigenvalue weighted by atomic mass is 10.0. The molecule has 0 bridgehead atoms. The van der Waals surface area contributed by atoms with Crippen molar-refractivity contribution in [3.63, 3.8) is 0 Å². The zero-order chi connectivity index (χ0) is 19.3. The minimum absolute atomic E-state index is 0.129. The summed E-state index contributed by atoms with van der Waals surface area (Å²) in [6.07, 6.45) is 2.47. The molecule has 1 aromatic rings. The van der Waals surface area contributed by atoms with Crippen LogP contribution in [0.1, 0.15) is 29.7 Å². The number of carboxylic acid groups (broad SMARTS) is 1. The van der Waals surface area contributed by atoms with Crippen LogP contribution in [0.5, 0.6) is 0 Å². The van der Waals surface area contributed by atoms with E-state index in [2.05, 4.69) is 15.3 Å². The number of methoxy groups -OCH3 is 1. The van der Waals surface area contributed by atoms with Crippen molar-refractivity contribution in [3.05, 3.63) is 28.8 Å². The Morgan fingerprint density at radius 2 is 2.19 bits per heavy atom. The Labute approximate surface area is 155 Å². The van der Waals surface area contributed by atoms with Gasteiger partial charge < -0.3 is 25.0 Å². The number of amides is 2. The Balaban J connectivity index is 1.99. The Morgan fingerprint density at radius 1 is 1.46 bits per heavy atom. The van der Waals surface area contributed by atoms with Crippen LogP contribution in [0.4, 0.5) is 0 Å². The number of piperidine rings is 1. The fourth-order valence-corrected chi connectivity index (χ4v) is 3.00. The zero-order valence-corrected chi connectivity index (χ0v) is 15.2. The Hall–Kier alpha value is -2.39. The average Bonchev–Trinajstić information content (AvgIpc) is 3.00. The second-order valence-corrected chi connectivity index (χ2v) is 6.16. The van der Waals surface area contributed by atoms with Crippen molar-refractivity contribution >= 4 is 29.4 Å². The molecule has 9 nitrogen and oxygen atoms in total. The molecule has 26 heavy (non-hydrogen) atoms. The van der Waals surface area contributed by atoms with E-state index >= 15 is 0 Å². The molecular formula is C16H21ClN4O5. The van der Waals surface area contributed by atoms with E-state index in [1.165, 1.54) is 12.0 Å². The van der Waals surface area contributed by atoms with Crippen molar-refractivity contribution in [2.75, 3.05) is 20.2 Å². The molecule has 0 saturated carbocycles. The molecule has 0 aliphatic carbocycles. The number of likely N-dealkylation sites (tertiary alicyclic amines) is 1. The second kappa shape index (κ2) is 8.81. The van der Waals surface area contributed by atoms with E-state index in [0.717, 1.165) is 12.2 Å². The Kier molecular flexibility index (Phi) is 6.76. The predicted molar refractivity (Wildman–Crippen MR) is 93.0 cm³/mol. The van der Waals surface area contributed by atoms with Crippen molar-refractivity contribution in [1.29, 1.82) is 0 Å². The number of carbonyl (C=O) groups is 3. The van der Waals surface area contributed by atoms with Crippen molar-refractivity contribution in [2.24, 2.45) is 0 Å². The summed E-state index contributed by atoms with van der Waals surface area (Å²) in [7, 11) is 1.49. The number of carboxylic acids is 1. The van der Waals surface area contributed by atoms with Crippen LogP contribution in [0, 0.1) is 0 Å². The number of aromatic amines is 1. The number of aromatic nitrogens is 2. The third-order valence-corrected chi connectivity index (χ3v) is 4.47. The number of nitrogens with zero attached hydrogens (tertiary/aromatic N) is 2. The number of hydrogen-bond donors (Lipinski definition) is 3. The lowest BCUT2D eigenvalue weighted by Crippen LogP contribution is -2.55. The molecule has 0 aromatic carbocycles. The van der Waals surface area contributed by atoms with Crippen LogP contribution in [0.25, 0.3) is 0 Å². The van der Waals surface area contributed by atoms with Gasteiger partial charge in [0.2, 0.25) is 5.91 Å². The number of H-pyrrole nitrogens is 1. The number of aliphatic carboxylic acids is 1. The van der Waals surface area contributed by atoms with Gasteiger partial charge in [0, 0.05) is 32.4 Å². The fourth-order valence-electron chi connectivity index (χ4n) is 2.74. The highest BCUT2D eigenvalue weighted by Crippen LogP contribution is 2.16. The lowest BCUT2D eigenvalue weighted by Gasteiger charge is -2.37. The van der Waals surface area contributed by atoms with Gasteiger partial charge in [0.15, 0.2) is 11.0 Å². The van der Waals surface area contributed by atoms with Crippen LogP contribution in [0.15, 0.2) is 12.2 Å². The first-order valence-electron chi connectivity index (χ1n) is 8.13. The molecule has 2 amide bonds. The summed E-state index contributed by atoms with van der Waals surface area (Å²) >= 11 is 5.95. The number of imidazole rings is 1. The molecule has 0 unspecified atom stereocenters. The maximum absolute atomic E-state index is 12.4. The summed E-state index contributed by atoms with van der Waals surface area (Å²) in [6, 6.07) is -0.311. The Bertz CT molecular complexity index is 717. The third-order valence-electron chi connectivity index (χ3n) is 4.16. The van der Waals surface area contributed by atoms with Gasteiger partial charge in [0.05, 0.1) is 17.8 Å². The number of nitrogens with one attached hydrogen (secondary N) is 2. The van der Waals surface area contributed by atoms with E-state index in [0.29, 0.717) is 25.1 Å². The summed E-state index contributed by atoms with van der Waals surface area (Å²) in [5.74, 6) is -1.87. The standard InChI is InChI=1S/C16H21ClN4O5/c1-3-9-14(17)20-15(18-9)16(25)19-10-6-7-21(8-11(10)26-2)12(22)4-5-13(23)24/h4-5,10-11H,3,6-8H2,1-2H3,(H,18,20)(H,19,25)(H,23,24)/t10-,11+/m1/s1. The molecule has 10 heteroatoms. The molecule has 1 aliphatic rings. The summed E-state index contributed by atoms with van der Waals surface area (Å²) < 4.78 is 5.39. The highest BCUT2D eigenvalue weighted by Gasteiger charge is 2.32. The second-order valence-electron chi connectivity index (χ2n) is 5.81. The molecule has 1 aliphatic heterocycles. The minimum atomic E-state index is -1.19. The van der Waals surface area contributed by atoms with E-state index in [1.807, 2.05) is 6.92 Å². The lowest BCUT2D eigenvalue weighted by molar-refractivity contribution is -0.133. The van der Waals surface area contributed by atoms with Crippen LogP contribution in [0.2, 0.25) is 5.15 Å². The van der Waals surface area contributed by atoms with Crippen molar-refractivity contribution in [2.45, 2.75) is 31.9 Å². The molecule has 3 N–H and O–H groups in total. The van der Waals surface area contributed by atoms with E-state index < -0.39 is 23.9 Å². The first-order chi connectivity index (χ1) is 12.3. The average molecular weight is 385 g/mol. The van der Waals surface area contributed by atoms with E-state index in [4.69, 9.17) is 21.4 Å². The smallest absolute Gasteiger partial charge is 0.328 e. The van der Waals surface area contributed by atoms with Gasteiger partial charge in [-0.2, -0.15) is 0 Å². The third kappa shape index (κ3) is 4.83.